The molecule has 2 rings (SSSR count). The summed E-state index contributed by atoms with van der Waals surface area (Å²) in [6.45, 7) is 0. The zero-order valence-corrected chi connectivity index (χ0v) is 12.9. The molecule has 1 aromatic heterocycles. The highest BCUT2D eigenvalue weighted by Crippen LogP contribution is 2.24. The Bertz CT molecular complexity index is 623. The van der Waals surface area contributed by atoms with E-state index in [0.29, 0.717) is 12.8 Å². The fourth-order valence-corrected chi connectivity index (χ4v) is 3.56. The van der Waals surface area contributed by atoms with Crippen LogP contribution in [0.4, 0.5) is 9.59 Å². The standard InChI is InChI=1S/C11H18N6O4S/c1-22(20,21)17(9-5-3-2-4-6-9)11(19)14-10(18)15-16-7-12-13-8-16/h7-9H,2-6H2,1H3,(H2,14,15,18,19). The minimum Gasteiger partial charge on any atom is -0.257 e. The Hall–Kier alpha value is -2.17. The second-order valence-corrected chi connectivity index (χ2v) is 6.95. The van der Waals surface area contributed by atoms with Crippen molar-refractivity contribution in [1.29, 1.82) is 0 Å². The second-order valence-electron chi connectivity index (χ2n) is 5.09. The van der Waals surface area contributed by atoms with Crippen LogP contribution in [0.5, 0.6) is 0 Å². The molecule has 1 heterocycles. The molecule has 0 aliphatic heterocycles. The van der Waals surface area contributed by atoms with Gasteiger partial charge in [-0.25, -0.2) is 32.4 Å². The van der Waals surface area contributed by atoms with Crippen molar-refractivity contribution in [3.8, 4) is 0 Å². The average Bonchev–Trinajstić information content (AvgIpc) is 2.90. The molecule has 1 aliphatic carbocycles. The summed E-state index contributed by atoms with van der Waals surface area (Å²) in [5.41, 5.74) is 2.26. The Morgan fingerprint density at radius 1 is 1.18 bits per heavy atom. The maximum atomic E-state index is 12.2. The fraction of sp³-hybridized carbons (Fsp3) is 0.636. The van der Waals surface area contributed by atoms with E-state index in [1.54, 1.807) is 0 Å². The van der Waals surface area contributed by atoms with Gasteiger partial charge in [-0.3, -0.25) is 5.32 Å². The quantitative estimate of drug-likeness (QED) is 0.818. The maximum absolute atomic E-state index is 12.2. The van der Waals surface area contributed by atoms with Gasteiger partial charge in [0.2, 0.25) is 10.0 Å². The number of carbonyl (C=O) groups excluding carboxylic acids is 2. The van der Waals surface area contributed by atoms with Crippen molar-refractivity contribution in [3.63, 3.8) is 0 Å². The van der Waals surface area contributed by atoms with Gasteiger partial charge in [0.1, 0.15) is 12.7 Å². The first-order valence-corrected chi connectivity index (χ1v) is 8.69. The Kier molecular flexibility index (Phi) is 4.96. The molecule has 1 aliphatic rings. The molecular formula is C11H18N6O4S. The molecule has 0 aromatic carbocycles. The predicted octanol–water partition coefficient (Wildman–Crippen LogP) is 0.246. The highest BCUT2D eigenvalue weighted by atomic mass is 32.2. The van der Waals surface area contributed by atoms with E-state index in [-0.39, 0.29) is 0 Å². The van der Waals surface area contributed by atoms with Crippen LogP contribution >= 0.6 is 0 Å². The summed E-state index contributed by atoms with van der Waals surface area (Å²) in [5.74, 6) is 0. The molecule has 0 unspecified atom stereocenters. The number of hydrogen-bond acceptors (Lipinski definition) is 6. The summed E-state index contributed by atoms with van der Waals surface area (Å²) < 4.78 is 25.7. The zero-order chi connectivity index (χ0) is 16.2. The first-order valence-electron chi connectivity index (χ1n) is 6.84. The van der Waals surface area contributed by atoms with Gasteiger partial charge in [0, 0.05) is 6.04 Å². The zero-order valence-electron chi connectivity index (χ0n) is 12.1. The van der Waals surface area contributed by atoms with Crippen LogP contribution in [0.2, 0.25) is 0 Å². The molecule has 0 bridgehead atoms. The molecule has 22 heavy (non-hydrogen) atoms. The van der Waals surface area contributed by atoms with Crippen LogP contribution in [-0.2, 0) is 10.0 Å². The van der Waals surface area contributed by atoms with Crippen molar-refractivity contribution < 1.29 is 18.0 Å². The Morgan fingerprint density at radius 2 is 1.77 bits per heavy atom. The first kappa shape index (κ1) is 16.2. The summed E-state index contributed by atoms with van der Waals surface area (Å²) in [4.78, 5) is 23.9. The van der Waals surface area contributed by atoms with E-state index in [1.165, 1.54) is 12.7 Å². The smallest absolute Gasteiger partial charge is 0.257 e. The number of aromatic nitrogens is 3. The first-order chi connectivity index (χ1) is 10.4. The van der Waals surface area contributed by atoms with E-state index < -0.39 is 28.1 Å². The molecule has 1 fully saturated rings. The molecule has 122 valence electrons. The van der Waals surface area contributed by atoms with Crippen molar-refractivity contribution in [2.24, 2.45) is 0 Å². The predicted molar refractivity (Wildman–Crippen MR) is 76.9 cm³/mol. The molecule has 0 atom stereocenters. The van der Waals surface area contributed by atoms with Gasteiger partial charge >= 0.3 is 12.1 Å². The summed E-state index contributed by atoms with van der Waals surface area (Å²) in [7, 11) is -3.76. The summed E-state index contributed by atoms with van der Waals surface area (Å²) in [5, 5.41) is 8.97. The number of nitrogens with one attached hydrogen (secondary N) is 2. The van der Waals surface area contributed by atoms with Gasteiger partial charge in [-0.15, -0.1) is 10.2 Å². The van der Waals surface area contributed by atoms with Crippen LogP contribution in [0, 0.1) is 0 Å². The van der Waals surface area contributed by atoms with Crippen LogP contribution in [-0.4, -0.2) is 52.0 Å². The van der Waals surface area contributed by atoms with Crippen molar-refractivity contribution in [1.82, 2.24) is 24.5 Å². The van der Waals surface area contributed by atoms with Crippen LogP contribution < -0.4 is 10.7 Å². The van der Waals surface area contributed by atoms with Gasteiger partial charge in [-0.05, 0) is 12.8 Å². The molecule has 11 heteroatoms. The second kappa shape index (κ2) is 6.73. The summed E-state index contributed by atoms with van der Waals surface area (Å²) in [6.07, 6.45) is 7.34. The van der Waals surface area contributed by atoms with Gasteiger partial charge in [0.25, 0.3) is 0 Å². The van der Waals surface area contributed by atoms with Crippen LogP contribution in [0.25, 0.3) is 0 Å². The molecule has 10 nitrogen and oxygen atoms in total. The lowest BCUT2D eigenvalue weighted by molar-refractivity contribution is 0.199. The third kappa shape index (κ3) is 4.16. The Morgan fingerprint density at radius 3 is 2.32 bits per heavy atom. The van der Waals surface area contributed by atoms with E-state index in [1.807, 2.05) is 5.32 Å². The van der Waals surface area contributed by atoms with Crippen LogP contribution in [0.15, 0.2) is 12.7 Å². The molecular weight excluding hydrogens is 312 g/mol. The third-order valence-electron chi connectivity index (χ3n) is 3.33. The summed E-state index contributed by atoms with van der Waals surface area (Å²) in [6, 6.07) is -2.24. The molecule has 0 saturated heterocycles. The Balaban J connectivity index is 2.03. The molecule has 2 N–H and O–H groups in total. The summed E-state index contributed by atoms with van der Waals surface area (Å²) >= 11 is 0. The van der Waals surface area contributed by atoms with E-state index in [4.69, 9.17) is 0 Å². The van der Waals surface area contributed by atoms with Crippen molar-refractivity contribution >= 4 is 22.1 Å². The van der Waals surface area contributed by atoms with E-state index >= 15 is 0 Å². The number of urea groups is 2. The molecule has 4 amide bonds. The highest BCUT2D eigenvalue weighted by molar-refractivity contribution is 7.88. The van der Waals surface area contributed by atoms with Crippen molar-refractivity contribution in [3.05, 3.63) is 12.7 Å². The van der Waals surface area contributed by atoms with Crippen molar-refractivity contribution in [2.75, 3.05) is 11.7 Å². The van der Waals surface area contributed by atoms with Crippen LogP contribution in [0.3, 0.4) is 0 Å². The number of amides is 4. The normalized spacial score (nSPS) is 16.0. The van der Waals surface area contributed by atoms with E-state index in [0.717, 1.165) is 34.5 Å². The number of imide groups is 1. The van der Waals surface area contributed by atoms with Gasteiger partial charge in [0.15, 0.2) is 0 Å². The number of nitrogens with zero attached hydrogens (tertiary/aromatic N) is 4. The van der Waals surface area contributed by atoms with Gasteiger partial charge in [-0.2, -0.15) is 0 Å². The number of sulfonamides is 1. The fourth-order valence-electron chi connectivity index (χ4n) is 2.46. The van der Waals surface area contributed by atoms with Gasteiger partial charge in [0.05, 0.1) is 6.26 Å². The molecule has 0 spiro atoms. The maximum Gasteiger partial charge on any atom is 0.342 e. The topological polar surface area (TPSA) is 126 Å². The Labute approximate surface area is 127 Å². The van der Waals surface area contributed by atoms with Crippen LogP contribution in [0.1, 0.15) is 32.1 Å². The molecule has 1 aromatic rings. The largest absolute Gasteiger partial charge is 0.342 e. The monoisotopic (exact) mass is 330 g/mol. The lowest BCUT2D eigenvalue weighted by Gasteiger charge is -2.32. The number of rotatable bonds is 3. The minimum atomic E-state index is -3.76. The lowest BCUT2D eigenvalue weighted by atomic mass is 9.96. The number of hydrogen-bond donors (Lipinski definition) is 2. The highest BCUT2D eigenvalue weighted by Gasteiger charge is 2.33. The van der Waals surface area contributed by atoms with E-state index in [2.05, 4.69) is 15.6 Å². The van der Waals surface area contributed by atoms with Gasteiger partial charge < -0.3 is 0 Å². The van der Waals surface area contributed by atoms with E-state index in [9.17, 15) is 18.0 Å². The van der Waals surface area contributed by atoms with Crippen molar-refractivity contribution in [2.45, 2.75) is 38.1 Å². The lowest BCUT2D eigenvalue weighted by Crippen LogP contribution is -2.52. The minimum absolute atomic E-state index is 0.411. The molecule has 1 saturated carbocycles. The average molecular weight is 330 g/mol. The van der Waals surface area contributed by atoms with Gasteiger partial charge in [-0.1, -0.05) is 19.3 Å². The third-order valence-corrected chi connectivity index (χ3v) is 4.51. The number of carbonyl (C=O) groups is 2. The molecule has 0 radical (unpaired) electrons. The SMILES string of the molecule is CS(=O)(=O)N(C(=O)NC(=O)Nn1cnnc1)C1CCCCC1.